The molecule has 0 radical (unpaired) electrons. The maximum atomic E-state index is 5.60. The monoisotopic (exact) mass is 266 g/mol. The van der Waals surface area contributed by atoms with Gasteiger partial charge >= 0.3 is 0 Å². The van der Waals surface area contributed by atoms with Crippen LogP contribution in [0.4, 0.5) is 0 Å². The van der Waals surface area contributed by atoms with Crippen LogP contribution in [-0.4, -0.2) is 24.9 Å². The van der Waals surface area contributed by atoms with Gasteiger partial charge in [0.1, 0.15) is 0 Å². The second kappa shape index (κ2) is 7.86. The lowest BCUT2D eigenvalue weighted by molar-refractivity contribution is 0.177. The van der Waals surface area contributed by atoms with E-state index < -0.39 is 0 Å². The van der Waals surface area contributed by atoms with Crippen LogP contribution in [-0.2, 0) is 9.47 Å². The summed E-state index contributed by atoms with van der Waals surface area (Å²) < 4.78 is 10.9. The Hall–Kier alpha value is -0.600. The minimum atomic E-state index is 0.138. The first-order valence-electron chi connectivity index (χ1n) is 7.52. The smallest absolute Gasteiger partial charge is 0.0892 e. The lowest BCUT2D eigenvalue weighted by Crippen LogP contribution is -2.02. The Morgan fingerprint density at radius 3 is 2.37 bits per heavy atom. The highest BCUT2D eigenvalue weighted by atomic mass is 16.6. The molecule has 1 unspecified atom stereocenters. The van der Waals surface area contributed by atoms with Crippen molar-refractivity contribution in [1.82, 2.24) is 0 Å². The summed E-state index contributed by atoms with van der Waals surface area (Å²) >= 11 is 0. The molecule has 0 aromatic carbocycles. The summed E-state index contributed by atoms with van der Waals surface area (Å²) in [5.41, 5.74) is 3.05. The summed E-state index contributed by atoms with van der Waals surface area (Å²) in [5, 5.41) is 0. The molecule has 1 rings (SSSR count). The van der Waals surface area contributed by atoms with Gasteiger partial charge in [0.05, 0.1) is 18.3 Å². The fraction of sp³-hybridized carbons (Fsp3) is 0.765. The van der Waals surface area contributed by atoms with Gasteiger partial charge in [0, 0.05) is 6.61 Å². The second-order valence-electron chi connectivity index (χ2n) is 6.05. The van der Waals surface area contributed by atoms with Crippen LogP contribution < -0.4 is 0 Å². The van der Waals surface area contributed by atoms with Crippen LogP contribution in [0.3, 0.4) is 0 Å². The fourth-order valence-corrected chi connectivity index (χ4v) is 2.17. The lowest BCUT2D eigenvalue weighted by atomic mass is 10.0. The largest absolute Gasteiger partial charge is 0.378 e. The summed E-state index contributed by atoms with van der Waals surface area (Å²) in [6.07, 6.45) is 9.62. The number of hydrogen-bond acceptors (Lipinski definition) is 2. The van der Waals surface area contributed by atoms with Crippen molar-refractivity contribution >= 4 is 0 Å². The van der Waals surface area contributed by atoms with E-state index in [0.717, 1.165) is 38.9 Å². The fourth-order valence-electron chi connectivity index (χ4n) is 2.17. The molecule has 1 heterocycles. The Labute approximate surface area is 118 Å². The molecule has 0 amide bonds. The van der Waals surface area contributed by atoms with Gasteiger partial charge in [-0.15, -0.1) is 0 Å². The topological polar surface area (TPSA) is 21.8 Å². The van der Waals surface area contributed by atoms with Gasteiger partial charge in [-0.3, -0.25) is 0 Å². The van der Waals surface area contributed by atoms with Crippen LogP contribution in [0, 0.1) is 0 Å². The predicted octanol–water partition coefficient (Wildman–Crippen LogP) is 4.65. The average Bonchev–Trinajstić information content (AvgIpc) is 2.95. The van der Waals surface area contributed by atoms with Crippen LogP contribution in [0.5, 0.6) is 0 Å². The summed E-state index contributed by atoms with van der Waals surface area (Å²) in [5.74, 6) is 0. The van der Waals surface area contributed by atoms with Gasteiger partial charge in [0.25, 0.3) is 0 Å². The van der Waals surface area contributed by atoms with Crippen LogP contribution in [0.15, 0.2) is 23.3 Å². The van der Waals surface area contributed by atoms with E-state index in [1.165, 1.54) is 11.1 Å². The standard InChI is InChI=1S/C17H30O2/c1-6-18-13-12-15(3)9-7-8-14(2)10-11-16-17(4,5)19-16/h8,12,16H,6-7,9-11,13H2,1-5H3/b14-8+,15-12+. The van der Waals surface area contributed by atoms with Gasteiger partial charge in [-0.2, -0.15) is 0 Å². The molecule has 0 bridgehead atoms. The van der Waals surface area contributed by atoms with E-state index in [0.29, 0.717) is 6.10 Å². The third-order valence-corrected chi connectivity index (χ3v) is 3.75. The van der Waals surface area contributed by atoms with Gasteiger partial charge < -0.3 is 9.47 Å². The quantitative estimate of drug-likeness (QED) is 0.344. The molecule has 0 saturated carbocycles. The van der Waals surface area contributed by atoms with E-state index in [1.54, 1.807) is 0 Å². The first kappa shape index (κ1) is 16.5. The Kier molecular flexibility index (Phi) is 6.81. The summed E-state index contributed by atoms with van der Waals surface area (Å²) in [6, 6.07) is 0. The zero-order chi connectivity index (χ0) is 14.3. The second-order valence-corrected chi connectivity index (χ2v) is 6.05. The third kappa shape index (κ3) is 6.93. The average molecular weight is 266 g/mol. The molecule has 1 aliphatic heterocycles. The number of ether oxygens (including phenoxy) is 2. The van der Waals surface area contributed by atoms with Gasteiger partial charge in [0.2, 0.25) is 0 Å². The molecule has 0 N–H and O–H groups in total. The summed E-state index contributed by atoms with van der Waals surface area (Å²) in [7, 11) is 0. The molecule has 1 aliphatic rings. The molecule has 110 valence electrons. The predicted molar refractivity (Wildman–Crippen MR) is 81.4 cm³/mol. The SMILES string of the molecule is CCOC/C=C(\C)CC/C=C(\C)CCC1OC1(C)C. The Morgan fingerprint density at radius 1 is 1.16 bits per heavy atom. The van der Waals surface area contributed by atoms with Crippen LogP contribution >= 0.6 is 0 Å². The van der Waals surface area contributed by atoms with Crippen molar-refractivity contribution in [2.45, 2.75) is 72.0 Å². The molecule has 0 aromatic heterocycles. The van der Waals surface area contributed by atoms with Gasteiger partial charge in [-0.1, -0.05) is 23.3 Å². The third-order valence-electron chi connectivity index (χ3n) is 3.75. The molecule has 0 spiro atoms. The van der Waals surface area contributed by atoms with Gasteiger partial charge in [-0.05, 0) is 60.3 Å². The highest BCUT2D eigenvalue weighted by molar-refractivity contribution is 5.05. The molecule has 1 saturated heterocycles. The number of epoxide rings is 1. The van der Waals surface area contributed by atoms with E-state index >= 15 is 0 Å². The molecule has 1 fully saturated rings. The highest BCUT2D eigenvalue weighted by Crippen LogP contribution is 2.38. The van der Waals surface area contributed by atoms with Crippen molar-refractivity contribution in [1.29, 1.82) is 0 Å². The maximum absolute atomic E-state index is 5.60. The molecule has 0 aliphatic carbocycles. The molecule has 2 heteroatoms. The van der Waals surface area contributed by atoms with Crippen molar-refractivity contribution in [2.75, 3.05) is 13.2 Å². The van der Waals surface area contributed by atoms with Gasteiger partial charge in [-0.25, -0.2) is 0 Å². The summed E-state index contributed by atoms with van der Waals surface area (Å²) in [4.78, 5) is 0. The first-order chi connectivity index (χ1) is 8.95. The molecule has 19 heavy (non-hydrogen) atoms. The summed E-state index contributed by atoms with van der Waals surface area (Å²) in [6.45, 7) is 12.3. The number of rotatable bonds is 9. The zero-order valence-electron chi connectivity index (χ0n) is 13.3. The first-order valence-corrected chi connectivity index (χ1v) is 7.52. The van der Waals surface area contributed by atoms with E-state index in [4.69, 9.17) is 9.47 Å². The van der Waals surface area contributed by atoms with Crippen molar-refractivity contribution in [3.05, 3.63) is 23.3 Å². The number of allylic oxidation sites excluding steroid dienone is 3. The van der Waals surface area contributed by atoms with E-state index in [-0.39, 0.29) is 5.60 Å². The molecule has 2 nitrogen and oxygen atoms in total. The van der Waals surface area contributed by atoms with Crippen molar-refractivity contribution in [3.8, 4) is 0 Å². The van der Waals surface area contributed by atoms with E-state index in [1.807, 2.05) is 6.92 Å². The molecular formula is C17H30O2. The highest BCUT2D eigenvalue weighted by Gasteiger charge is 2.46. The van der Waals surface area contributed by atoms with Gasteiger partial charge in [0.15, 0.2) is 0 Å². The van der Waals surface area contributed by atoms with Crippen LogP contribution in [0.1, 0.15) is 60.3 Å². The minimum absolute atomic E-state index is 0.138. The van der Waals surface area contributed by atoms with Crippen LogP contribution in [0.25, 0.3) is 0 Å². The molecule has 0 aromatic rings. The van der Waals surface area contributed by atoms with Crippen molar-refractivity contribution in [2.24, 2.45) is 0 Å². The normalized spacial score (nSPS) is 22.7. The van der Waals surface area contributed by atoms with E-state index in [2.05, 4.69) is 39.8 Å². The molecule has 1 atom stereocenters. The Balaban J connectivity index is 2.12. The number of hydrogen-bond donors (Lipinski definition) is 0. The van der Waals surface area contributed by atoms with Crippen molar-refractivity contribution in [3.63, 3.8) is 0 Å². The van der Waals surface area contributed by atoms with E-state index in [9.17, 15) is 0 Å². The Morgan fingerprint density at radius 2 is 1.79 bits per heavy atom. The molecular weight excluding hydrogens is 236 g/mol. The minimum Gasteiger partial charge on any atom is -0.378 e. The lowest BCUT2D eigenvalue weighted by Gasteiger charge is -2.02. The van der Waals surface area contributed by atoms with Crippen LogP contribution in [0.2, 0.25) is 0 Å². The zero-order valence-corrected chi connectivity index (χ0v) is 13.3. The van der Waals surface area contributed by atoms with Crippen molar-refractivity contribution < 1.29 is 9.47 Å². The Bertz CT molecular complexity index is 326. The maximum Gasteiger partial charge on any atom is 0.0892 e.